The lowest BCUT2D eigenvalue weighted by Gasteiger charge is -1.80. The number of nitrogens with one attached hydrogen (secondary N) is 1. The molecule has 0 spiro atoms. The number of aromatic amines is 1. The molecule has 0 fully saturated rings. The van der Waals surface area contributed by atoms with E-state index in [1.54, 1.807) is 6.33 Å². The van der Waals surface area contributed by atoms with Crippen molar-refractivity contribution in [2.24, 2.45) is 10.1 Å². The maximum atomic E-state index is 4.55. The highest BCUT2D eigenvalue weighted by molar-refractivity contribution is 5.84. The number of hydrogen-bond acceptors (Lipinski definition) is 4. The summed E-state index contributed by atoms with van der Waals surface area (Å²) in [6.07, 6.45) is 4.32. The fourth-order valence-corrected chi connectivity index (χ4v) is 0.679. The number of aromatic nitrogens is 2. The minimum atomic E-state index is 0.598. The van der Waals surface area contributed by atoms with Crippen LogP contribution in [0.4, 0.5) is 5.82 Å². The molecular weight excluding hydrogens is 132 g/mol. The molecular formula is C5H4N4O. The molecule has 5 nitrogen and oxygen atoms in total. The van der Waals surface area contributed by atoms with E-state index in [0.29, 0.717) is 5.82 Å². The highest BCUT2D eigenvalue weighted by atomic mass is 16.6. The van der Waals surface area contributed by atoms with Crippen LogP contribution in [-0.2, 0) is 4.84 Å². The Labute approximate surface area is 56.4 Å². The van der Waals surface area contributed by atoms with E-state index < -0.39 is 0 Å². The number of H-pyrrole nitrogens is 1. The van der Waals surface area contributed by atoms with E-state index in [0.717, 1.165) is 5.69 Å². The first-order valence-corrected chi connectivity index (χ1v) is 2.72. The molecule has 0 aliphatic carbocycles. The van der Waals surface area contributed by atoms with Crippen LogP contribution >= 0.6 is 0 Å². The summed E-state index contributed by atoms with van der Waals surface area (Å²) in [6, 6.07) is 0. The molecule has 0 unspecified atom stereocenters. The van der Waals surface area contributed by atoms with Gasteiger partial charge in [0.25, 0.3) is 0 Å². The molecule has 50 valence electrons. The van der Waals surface area contributed by atoms with Crippen molar-refractivity contribution >= 4 is 18.4 Å². The van der Waals surface area contributed by atoms with Crippen molar-refractivity contribution in [3.05, 3.63) is 12.0 Å². The zero-order valence-corrected chi connectivity index (χ0v) is 4.98. The third-order valence-corrected chi connectivity index (χ3v) is 1.11. The molecule has 10 heavy (non-hydrogen) atoms. The van der Waals surface area contributed by atoms with Gasteiger partial charge in [0, 0.05) is 0 Å². The zero-order valence-electron chi connectivity index (χ0n) is 4.98. The van der Waals surface area contributed by atoms with E-state index in [1.807, 2.05) is 0 Å². The molecule has 1 aliphatic heterocycles. The molecule has 1 aromatic rings. The first-order chi connectivity index (χ1) is 4.97. The first-order valence-electron chi connectivity index (χ1n) is 2.72. The molecule has 0 atom stereocenters. The topological polar surface area (TPSA) is 62.6 Å². The molecule has 1 aliphatic rings. The number of rotatable bonds is 0. The standard InChI is InChI=1S/C5H4N4O/c1-4-5(7-2-6-4)8-3-10-9-1/h1-3H,(H,6,7). The molecule has 0 saturated heterocycles. The predicted octanol–water partition coefficient (Wildman–Crippen LogP) is 0.434. The number of oxime groups is 1. The van der Waals surface area contributed by atoms with Gasteiger partial charge in [-0.2, -0.15) is 4.99 Å². The Balaban J connectivity index is 2.56. The Bertz CT molecular complexity index is 261. The fraction of sp³-hybridized carbons (Fsp3) is 0. The van der Waals surface area contributed by atoms with Crippen molar-refractivity contribution in [1.82, 2.24) is 9.97 Å². The van der Waals surface area contributed by atoms with Gasteiger partial charge < -0.3 is 9.82 Å². The summed E-state index contributed by atoms with van der Waals surface area (Å²) in [5.74, 6) is 0.598. The van der Waals surface area contributed by atoms with Gasteiger partial charge in [-0.25, -0.2) is 4.98 Å². The summed E-state index contributed by atoms with van der Waals surface area (Å²) in [6.45, 7) is 0. The van der Waals surface area contributed by atoms with Crippen LogP contribution in [0.25, 0.3) is 0 Å². The molecule has 1 N–H and O–H groups in total. The summed E-state index contributed by atoms with van der Waals surface area (Å²) in [7, 11) is 0. The lowest BCUT2D eigenvalue weighted by Crippen LogP contribution is -1.78. The third-order valence-electron chi connectivity index (χ3n) is 1.11. The second-order valence-corrected chi connectivity index (χ2v) is 1.71. The number of hydrogen-bond donors (Lipinski definition) is 1. The lowest BCUT2D eigenvalue weighted by molar-refractivity contribution is 0.349. The molecule has 0 aromatic carbocycles. The maximum Gasteiger partial charge on any atom is 0.213 e. The molecule has 0 amide bonds. The minimum Gasteiger partial charge on any atom is -0.345 e. The Morgan fingerprint density at radius 2 is 2.50 bits per heavy atom. The molecule has 2 rings (SSSR count). The molecule has 2 heterocycles. The van der Waals surface area contributed by atoms with Crippen molar-refractivity contribution in [1.29, 1.82) is 0 Å². The Hall–Kier alpha value is -1.65. The first kappa shape index (κ1) is 5.16. The van der Waals surface area contributed by atoms with E-state index in [9.17, 15) is 0 Å². The van der Waals surface area contributed by atoms with Gasteiger partial charge in [0.15, 0.2) is 5.82 Å². The van der Waals surface area contributed by atoms with Gasteiger partial charge in [-0.05, 0) is 0 Å². The summed E-state index contributed by atoms with van der Waals surface area (Å²) in [5.41, 5.74) is 0.758. The van der Waals surface area contributed by atoms with Gasteiger partial charge >= 0.3 is 0 Å². The van der Waals surface area contributed by atoms with Gasteiger partial charge in [0.1, 0.15) is 5.69 Å². The number of imidazole rings is 1. The molecule has 5 heteroatoms. The Morgan fingerprint density at radius 1 is 1.50 bits per heavy atom. The monoisotopic (exact) mass is 136 g/mol. The number of fused-ring (bicyclic) bond motifs is 1. The van der Waals surface area contributed by atoms with Crippen molar-refractivity contribution in [3.8, 4) is 0 Å². The zero-order chi connectivity index (χ0) is 6.81. The van der Waals surface area contributed by atoms with E-state index >= 15 is 0 Å². The lowest BCUT2D eigenvalue weighted by atomic mass is 10.5. The van der Waals surface area contributed by atoms with Crippen LogP contribution in [0.3, 0.4) is 0 Å². The Kier molecular flexibility index (Phi) is 1.00. The van der Waals surface area contributed by atoms with Crippen molar-refractivity contribution in [2.75, 3.05) is 0 Å². The average Bonchev–Trinajstić information content (AvgIpc) is 2.28. The molecule has 0 bridgehead atoms. The second kappa shape index (κ2) is 1.94. The normalized spacial score (nSPS) is 14.0. The SMILES string of the molecule is C1=NOC=Nc2nc[nH]c21. The third kappa shape index (κ3) is 0.680. The van der Waals surface area contributed by atoms with E-state index in [1.165, 1.54) is 12.6 Å². The predicted molar refractivity (Wildman–Crippen MR) is 35.4 cm³/mol. The summed E-state index contributed by atoms with van der Waals surface area (Å²) in [4.78, 5) is 15.1. The summed E-state index contributed by atoms with van der Waals surface area (Å²) < 4.78 is 0. The highest BCUT2D eigenvalue weighted by Gasteiger charge is 2.01. The number of nitrogens with zero attached hydrogens (tertiary/aromatic N) is 3. The van der Waals surface area contributed by atoms with Crippen molar-refractivity contribution in [2.45, 2.75) is 0 Å². The van der Waals surface area contributed by atoms with Crippen LogP contribution in [0.5, 0.6) is 0 Å². The van der Waals surface area contributed by atoms with Crippen LogP contribution in [0.2, 0.25) is 0 Å². The van der Waals surface area contributed by atoms with Crippen LogP contribution in [0, 0.1) is 0 Å². The van der Waals surface area contributed by atoms with Crippen LogP contribution < -0.4 is 0 Å². The highest BCUT2D eigenvalue weighted by Crippen LogP contribution is 2.11. The van der Waals surface area contributed by atoms with Gasteiger partial charge in [-0.1, -0.05) is 5.16 Å². The molecule has 1 aromatic heterocycles. The van der Waals surface area contributed by atoms with E-state index in [4.69, 9.17) is 0 Å². The van der Waals surface area contributed by atoms with Gasteiger partial charge in [-0.15, -0.1) is 0 Å². The molecule has 0 radical (unpaired) electrons. The van der Waals surface area contributed by atoms with E-state index in [2.05, 4.69) is 25.0 Å². The van der Waals surface area contributed by atoms with Gasteiger partial charge in [-0.3, -0.25) is 0 Å². The van der Waals surface area contributed by atoms with Gasteiger partial charge in [0.05, 0.1) is 12.5 Å². The minimum absolute atomic E-state index is 0.598. The summed E-state index contributed by atoms with van der Waals surface area (Å²) >= 11 is 0. The summed E-state index contributed by atoms with van der Waals surface area (Å²) in [5, 5.41) is 3.54. The largest absolute Gasteiger partial charge is 0.345 e. The molecule has 0 saturated carbocycles. The van der Waals surface area contributed by atoms with Gasteiger partial charge in [0.2, 0.25) is 6.40 Å². The van der Waals surface area contributed by atoms with Crippen LogP contribution in [0.15, 0.2) is 16.5 Å². The van der Waals surface area contributed by atoms with Crippen LogP contribution in [0.1, 0.15) is 5.69 Å². The fourth-order valence-electron chi connectivity index (χ4n) is 0.679. The van der Waals surface area contributed by atoms with Crippen molar-refractivity contribution < 1.29 is 4.84 Å². The second-order valence-electron chi connectivity index (χ2n) is 1.71. The average molecular weight is 136 g/mol. The Morgan fingerprint density at radius 3 is 3.50 bits per heavy atom. The van der Waals surface area contributed by atoms with E-state index in [-0.39, 0.29) is 0 Å². The smallest absolute Gasteiger partial charge is 0.213 e. The van der Waals surface area contributed by atoms with Crippen molar-refractivity contribution in [3.63, 3.8) is 0 Å². The van der Waals surface area contributed by atoms with Crippen LogP contribution in [-0.4, -0.2) is 22.6 Å². The maximum absolute atomic E-state index is 4.55. The quantitative estimate of drug-likeness (QED) is 0.562. The number of aliphatic imine (C=N–C) groups is 1.